The molecule has 0 bridgehead atoms. The van der Waals surface area contributed by atoms with Gasteiger partial charge in [0.2, 0.25) is 0 Å². The summed E-state index contributed by atoms with van der Waals surface area (Å²) in [6, 6.07) is 0. The van der Waals surface area contributed by atoms with Crippen molar-refractivity contribution in [1.82, 2.24) is 0 Å². The van der Waals surface area contributed by atoms with E-state index in [2.05, 4.69) is 0 Å². The summed E-state index contributed by atoms with van der Waals surface area (Å²) < 4.78 is 16.9. The summed E-state index contributed by atoms with van der Waals surface area (Å²) in [6.07, 6.45) is 0.602. The zero-order valence-electron chi connectivity index (χ0n) is 9.83. The smallest absolute Gasteiger partial charge is 1.00 e. The van der Waals surface area contributed by atoms with E-state index in [1.54, 1.807) is 0 Å². The molecule has 0 amide bonds. The Bertz CT molecular complexity index is 107. The summed E-state index contributed by atoms with van der Waals surface area (Å²) >= 11 is -2.48. The minimum Gasteiger partial charge on any atom is -1.00 e. The van der Waals surface area contributed by atoms with Crippen molar-refractivity contribution in [2.75, 3.05) is 0 Å². The SMILES string of the molecule is CC(C)[O][Zr+]([O]C(C)C)[O]C(C)C.[Br-]. The third-order valence-corrected chi connectivity index (χ3v) is 5.89. The van der Waals surface area contributed by atoms with Gasteiger partial charge in [-0.2, -0.15) is 0 Å². The van der Waals surface area contributed by atoms with Gasteiger partial charge in [0.25, 0.3) is 0 Å². The Balaban J connectivity index is 0. The average molecular weight is 348 g/mol. The molecular weight excluding hydrogens is 327 g/mol. The van der Waals surface area contributed by atoms with E-state index in [0.717, 1.165) is 0 Å². The molecule has 0 aliphatic rings. The van der Waals surface area contributed by atoms with Gasteiger partial charge in [-0.15, -0.1) is 0 Å². The molecule has 0 saturated carbocycles. The van der Waals surface area contributed by atoms with Crippen molar-refractivity contribution in [2.24, 2.45) is 0 Å². The second kappa shape index (κ2) is 9.47. The largest absolute Gasteiger partial charge is 1.00 e. The van der Waals surface area contributed by atoms with Crippen LogP contribution in [0.1, 0.15) is 41.5 Å². The summed E-state index contributed by atoms with van der Waals surface area (Å²) in [5, 5.41) is 0. The number of hydrogen-bond donors (Lipinski definition) is 0. The number of hydrogen-bond acceptors (Lipinski definition) is 3. The van der Waals surface area contributed by atoms with Gasteiger partial charge in [-0.25, -0.2) is 0 Å². The Kier molecular flexibility index (Phi) is 11.9. The minimum absolute atomic E-state index is 0. The van der Waals surface area contributed by atoms with Crippen LogP contribution in [0.15, 0.2) is 0 Å². The molecule has 0 atom stereocenters. The fourth-order valence-corrected chi connectivity index (χ4v) is 3.91. The molecule has 0 fully saturated rings. The molecule has 3 nitrogen and oxygen atoms in total. The first-order chi connectivity index (χ1) is 5.91. The summed E-state index contributed by atoms with van der Waals surface area (Å²) in [6.45, 7) is 12.0. The molecule has 0 N–H and O–H groups in total. The van der Waals surface area contributed by atoms with Gasteiger partial charge >= 0.3 is 91.4 Å². The van der Waals surface area contributed by atoms with Gasteiger partial charge in [0.05, 0.1) is 0 Å². The van der Waals surface area contributed by atoms with Crippen LogP contribution in [0.25, 0.3) is 0 Å². The van der Waals surface area contributed by atoms with Gasteiger partial charge in [0, 0.05) is 0 Å². The molecule has 0 aromatic rings. The Morgan fingerprint density at radius 1 is 0.643 bits per heavy atom. The second-order valence-electron chi connectivity index (χ2n) is 3.75. The summed E-state index contributed by atoms with van der Waals surface area (Å²) in [5.74, 6) is 0. The molecule has 0 unspecified atom stereocenters. The molecule has 0 aliphatic carbocycles. The molecule has 14 heavy (non-hydrogen) atoms. The van der Waals surface area contributed by atoms with E-state index in [-0.39, 0.29) is 35.3 Å². The molecular formula is C9H21BrO3Zr. The molecule has 5 heteroatoms. The quantitative estimate of drug-likeness (QED) is 0.656. The third-order valence-electron chi connectivity index (χ3n) is 0.996. The van der Waals surface area contributed by atoms with Crippen molar-refractivity contribution in [1.29, 1.82) is 0 Å². The van der Waals surface area contributed by atoms with Gasteiger partial charge in [-0.05, 0) is 0 Å². The third kappa shape index (κ3) is 11.3. The predicted molar refractivity (Wildman–Crippen MR) is 48.7 cm³/mol. The molecule has 0 saturated heterocycles. The Morgan fingerprint density at radius 2 is 0.857 bits per heavy atom. The van der Waals surface area contributed by atoms with E-state index in [9.17, 15) is 0 Å². The van der Waals surface area contributed by atoms with Crippen molar-refractivity contribution in [3.8, 4) is 0 Å². The van der Waals surface area contributed by atoms with E-state index < -0.39 is 23.1 Å². The zero-order valence-corrected chi connectivity index (χ0v) is 13.9. The van der Waals surface area contributed by atoms with Crippen molar-refractivity contribution in [3.05, 3.63) is 0 Å². The average Bonchev–Trinajstić information content (AvgIpc) is 1.80. The van der Waals surface area contributed by atoms with E-state index in [1.807, 2.05) is 41.5 Å². The maximum absolute atomic E-state index is 5.62. The molecule has 86 valence electrons. The van der Waals surface area contributed by atoms with Crippen molar-refractivity contribution in [3.63, 3.8) is 0 Å². The van der Waals surface area contributed by atoms with Gasteiger partial charge in [-0.3, -0.25) is 0 Å². The van der Waals surface area contributed by atoms with Gasteiger partial charge in [-0.1, -0.05) is 0 Å². The van der Waals surface area contributed by atoms with Crippen LogP contribution in [0.5, 0.6) is 0 Å². The first-order valence-corrected chi connectivity index (χ1v) is 7.79. The first-order valence-electron chi connectivity index (χ1n) is 4.78. The second-order valence-corrected chi connectivity index (χ2v) is 6.72. The number of halogens is 1. The Morgan fingerprint density at radius 3 is 1.00 bits per heavy atom. The molecule has 0 aliphatic heterocycles. The molecule has 0 aromatic heterocycles. The summed E-state index contributed by atoms with van der Waals surface area (Å²) in [5.41, 5.74) is 0. The van der Waals surface area contributed by atoms with Gasteiger partial charge < -0.3 is 17.0 Å². The van der Waals surface area contributed by atoms with Crippen LogP contribution >= 0.6 is 0 Å². The van der Waals surface area contributed by atoms with E-state index in [4.69, 9.17) is 8.44 Å². The van der Waals surface area contributed by atoms with Crippen molar-refractivity contribution >= 4 is 0 Å². The fourth-order valence-electron chi connectivity index (χ4n) is 0.661. The Hall–Kier alpha value is 1.24. The monoisotopic (exact) mass is 346 g/mol. The predicted octanol–water partition coefficient (Wildman–Crippen LogP) is -0.371. The molecule has 0 heterocycles. The standard InChI is InChI=1S/3C3H7O.BrH.Zr/c3*1-3(2)4;;/h3*3H,1-2H3;1H;/q3*-1;;+4/p-1. The normalized spacial score (nSPS) is 10.9. The van der Waals surface area contributed by atoms with E-state index >= 15 is 0 Å². The van der Waals surface area contributed by atoms with Gasteiger partial charge in [0.15, 0.2) is 0 Å². The fraction of sp³-hybridized carbons (Fsp3) is 1.00. The van der Waals surface area contributed by atoms with Crippen molar-refractivity contribution in [2.45, 2.75) is 59.9 Å². The van der Waals surface area contributed by atoms with Crippen LogP contribution in [0.3, 0.4) is 0 Å². The van der Waals surface area contributed by atoms with Crippen LogP contribution in [0.4, 0.5) is 0 Å². The first kappa shape index (κ1) is 17.6. The molecule has 0 spiro atoms. The topological polar surface area (TPSA) is 27.7 Å². The van der Waals surface area contributed by atoms with Gasteiger partial charge in [0.1, 0.15) is 0 Å². The van der Waals surface area contributed by atoms with E-state index in [1.165, 1.54) is 0 Å². The van der Waals surface area contributed by atoms with Crippen LogP contribution in [-0.4, -0.2) is 18.3 Å². The van der Waals surface area contributed by atoms with Crippen LogP contribution in [0, 0.1) is 0 Å². The zero-order chi connectivity index (χ0) is 10.4. The van der Waals surface area contributed by atoms with Crippen LogP contribution < -0.4 is 17.0 Å². The molecule has 0 rings (SSSR count). The van der Waals surface area contributed by atoms with Crippen LogP contribution in [0.2, 0.25) is 0 Å². The summed E-state index contributed by atoms with van der Waals surface area (Å²) in [4.78, 5) is 0. The molecule has 0 radical (unpaired) electrons. The molecule has 0 aromatic carbocycles. The number of rotatable bonds is 6. The maximum Gasteiger partial charge on any atom is -1.00 e. The summed E-state index contributed by atoms with van der Waals surface area (Å²) in [7, 11) is 0. The maximum atomic E-state index is 5.62. The van der Waals surface area contributed by atoms with E-state index in [0.29, 0.717) is 0 Å². The van der Waals surface area contributed by atoms with Crippen molar-refractivity contribution < 1.29 is 48.5 Å². The Labute approximate surface area is 108 Å². The minimum atomic E-state index is -2.48. The van der Waals surface area contributed by atoms with Crippen LogP contribution in [-0.2, 0) is 31.5 Å².